The van der Waals surface area contributed by atoms with Crippen LogP contribution in [0, 0.1) is 6.92 Å². The van der Waals surface area contributed by atoms with Gasteiger partial charge >= 0.3 is 0 Å². The van der Waals surface area contributed by atoms with Gasteiger partial charge in [0.25, 0.3) is 0 Å². The number of halogens is 1. The number of nitrogens with two attached hydrogens (primary N) is 1. The molecule has 0 bridgehead atoms. The van der Waals surface area contributed by atoms with Crippen molar-refractivity contribution in [3.8, 4) is 11.6 Å². The Bertz CT molecular complexity index is 537. The monoisotopic (exact) mass is 251 g/mol. The topological polar surface area (TPSA) is 53.1 Å². The number of benzene rings is 1. The summed E-state index contributed by atoms with van der Waals surface area (Å²) in [7, 11) is 1.83. The Morgan fingerprint density at radius 2 is 2.24 bits per heavy atom. The zero-order chi connectivity index (χ0) is 12.4. The van der Waals surface area contributed by atoms with Crippen LogP contribution in [0.4, 0.5) is 0 Å². The standard InChI is InChI=1S/C12H14ClN3O/c1-8-11(7-14)12(16(2)15-8)17-10-5-3-4-9(13)6-10/h3-6H,7,14H2,1-2H3. The molecule has 0 aliphatic carbocycles. The largest absolute Gasteiger partial charge is 0.439 e. The molecule has 90 valence electrons. The molecule has 2 N–H and O–H groups in total. The molecule has 0 spiro atoms. The van der Waals surface area contributed by atoms with Gasteiger partial charge < -0.3 is 10.5 Å². The molecular formula is C12H14ClN3O. The first-order chi connectivity index (χ1) is 8.11. The van der Waals surface area contributed by atoms with Crippen LogP contribution in [-0.4, -0.2) is 9.78 Å². The van der Waals surface area contributed by atoms with Crippen molar-refractivity contribution >= 4 is 11.6 Å². The lowest BCUT2D eigenvalue weighted by molar-refractivity contribution is 0.426. The van der Waals surface area contributed by atoms with E-state index in [2.05, 4.69) is 5.10 Å². The normalized spacial score (nSPS) is 10.6. The molecule has 0 aliphatic heterocycles. The summed E-state index contributed by atoms with van der Waals surface area (Å²) in [5.74, 6) is 1.34. The van der Waals surface area contributed by atoms with Crippen molar-refractivity contribution in [3.63, 3.8) is 0 Å². The first-order valence-electron chi connectivity index (χ1n) is 5.27. The van der Waals surface area contributed by atoms with E-state index in [0.29, 0.717) is 23.2 Å². The van der Waals surface area contributed by atoms with Gasteiger partial charge in [0.15, 0.2) is 0 Å². The van der Waals surface area contributed by atoms with E-state index in [0.717, 1.165) is 11.3 Å². The molecule has 0 unspecified atom stereocenters. The summed E-state index contributed by atoms with van der Waals surface area (Å²) in [5, 5.41) is 4.91. The highest BCUT2D eigenvalue weighted by Crippen LogP contribution is 2.28. The molecular weight excluding hydrogens is 238 g/mol. The number of aryl methyl sites for hydroxylation is 2. The Labute approximate surface area is 105 Å². The minimum absolute atomic E-state index is 0.398. The average Bonchev–Trinajstić information content (AvgIpc) is 2.53. The third kappa shape index (κ3) is 2.43. The van der Waals surface area contributed by atoms with Gasteiger partial charge in [-0.25, -0.2) is 4.68 Å². The van der Waals surface area contributed by atoms with Crippen LogP contribution in [-0.2, 0) is 13.6 Å². The quantitative estimate of drug-likeness (QED) is 0.912. The van der Waals surface area contributed by atoms with Crippen LogP contribution in [0.2, 0.25) is 5.02 Å². The molecule has 0 aliphatic rings. The van der Waals surface area contributed by atoms with Crippen molar-refractivity contribution in [1.82, 2.24) is 9.78 Å². The molecule has 1 heterocycles. The third-order valence-electron chi connectivity index (χ3n) is 2.50. The first-order valence-corrected chi connectivity index (χ1v) is 5.65. The zero-order valence-electron chi connectivity index (χ0n) is 9.77. The maximum atomic E-state index is 5.90. The maximum Gasteiger partial charge on any atom is 0.222 e. The highest BCUT2D eigenvalue weighted by molar-refractivity contribution is 6.30. The molecule has 0 amide bonds. The van der Waals surface area contributed by atoms with Gasteiger partial charge in [0.05, 0.1) is 11.3 Å². The van der Waals surface area contributed by atoms with E-state index < -0.39 is 0 Å². The van der Waals surface area contributed by atoms with Crippen LogP contribution in [0.3, 0.4) is 0 Å². The van der Waals surface area contributed by atoms with Crippen LogP contribution in [0.5, 0.6) is 11.6 Å². The molecule has 0 saturated carbocycles. The minimum Gasteiger partial charge on any atom is -0.439 e. The molecule has 1 aromatic heterocycles. The molecule has 0 saturated heterocycles. The number of hydrogen-bond acceptors (Lipinski definition) is 3. The van der Waals surface area contributed by atoms with Crippen LogP contribution in [0.25, 0.3) is 0 Å². The Balaban J connectivity index is 2.36. The van der Waals surface area contributed by atoms with Gasteiger partial charge in [0.1, 0.15) is 5.75 Å². The fourth-order valence-electron chi connectivity index (χ4n) is 1.69. The Hall–Kier alpha value is -1.52. The van der Waals surface area contributed by atoms with Gasteiger partial charge in [-0.3, -0.25) is 0 Å². The van der Waals surface area contributed by atoms with Crippen molar-refractivity contribution in [1.29, 1.82) is 0 Å². The lowest BCUT2D eigenvalue weighted by atomic mass is 10.2. The van der Waals surface area contributed by atoms with Gasteiger partial charge in [0, 0.05) is 18.6 Å². The lowest BCUT2D eigenvalue weighted by Crippen LogP contribution is -2.01. The van der Waals surface area contributed by atoms with Gasteiger partial charge in [-0.05, 0) is 25.1 Å². The number of ether oxygens (including phenoxy) is 1. The number of rotatable bonds is 3. The van der Waals surface area contributed by atoms with Crippen LogP contribution in [0.1, 0.15) is 11.3 Å². The van der Waals surface area contributed by atoms with Gasteiger partial charge in [-0.2, -0.15) is 5.10 Å². The minimum atomic E-state index is 0.398. The highest BCUT2D eigenvalue weighted by Gasteiger charge is 2.13. The Morgan fingerprint density at radius 3 is 2.88 bits per heavy atom. The molecule has 0 atom stereocenters. The van der Waals surface area contributed by atoms with Crippen molar-refractivity contribution in [2.45, 2.75) is 13.5 Å². The maximum absolute atomic E-state index is 5.90. The first kappa shape index (κ1) is 12.0. The highest BCUT2D eigenvalue weighted by atomic mass is 35.5. The number of hydrogen-bond donors (Lipinski definition) is 1. The fraction of sp³-hybridized carbons (Fsp3) is 0.250. The SMILES string of the molecule is Cc1nn(C)c(Oc2cccc(Cl)c2)c1CN. The van der Waals surface area contributed by atoms with Gasteiger partial charge in [-0.1, -0.05) is 17.7 Å². The summed E-state index contributed by atoms with van der Waals surface area (Å²) >= 11 is 5.90. The number of aromatic nitrogens is 2. The summed E-state index contributed by atoms with van der Waals surface area (Å²) < 4.78 is 7.45. The molecule has 4 nitrogen and oxygen atoms in total. The smallest absolute Gasteiger partial charge is 0.222 e. The second-order valence-electron chi connectivity index (χ2n) is 3.76. The molecule has 2 aromatic rings. The van der Waals surface area contributed by atoms with E-state index in [-0.39, 0.29) is 0 Å². The van der Waals surface area contributed by atoms with E-state index >= 15 is 0 Å². The van der Waals surface area contributed by atoms with Crippen molar-refractivity contribution < 1.29 is 4.74 Å². The summed E-state index contributed by atoms with van der Waals surface area (Å²) in [4.78, 5) is 0. The van der Waals surface area contributed by atoms with Gasteiger partial charge in [-0.15, -0.1) is 0 Å². The Morgan fingerprint density at radius 1 is 1.47 bits per heavy atom. The summed E-state index contributed by atoms with van der Waals surface area (Å²) in [6.45, 7) is 2.31. The van der Waals surface area contributed by atoms with E-state index in [1.165, 1.54) is 0 Å². The van der Waals surface area contributed by atoms with Crippen LogP contribution in [0.15, 0.2) is 24.3 Å². The molecule has 1 aromatic carbocycles. The number of nitrogens with zero attached hydrogens (tertiary/aromatic N) is 2. The molecule has 17 heavy (non-hydrogen) atoms. The van der Waals surface area contributed by atoms with E-state index in [9.17, 15) is 0 Å². The van der Waals surface area contributed by atoms with E-state index in [1.54, 1.807) is 16.8 Å². The van der Waals surface area contributed by atoms with Crippen molar-refractivity contribution in [2.24, 2.45) is 12.8 Å². The van der Waals surface area contributed by atoms with Crippen molar-refractivity contribution in [2.75, 3.05) is 0 Å². The summed E-state index contributed by atoms with van der Waals surface area (Å²) in [5.41, 5.74) is 7.48. The molecule has 0 radical (unpaired) electrons. The van der Waals surface area contributed by atoms with Crippen molar-refractivity contribution in [3.05, 3.63) is 40.5 Å². The average molecular weight is 252 g/mol. The zero-order valence-corrected chi connectivity index (χ0v) is 10.5. The lowest BCUT2D eigenvalue weighted by Gasteiger charge is -2.07. The van der Waals surface area contributed by atoms with E-state index in [1.807, 2.05) is 26.1 Å². The second kappa shape index (κ2) is 4.77. The summed E-state index contributed by atoms with van der Waals surface area (Å²) in [6, 6.07) is 7.23. The predicted molar refractivity (Wildman–Crippen MR) is 67.4 cm³/mol. The molecule has 5 heteroatoms. The predicted octanol–water partition coefficient (Wildman–Crippen LogP) is 2.63. The van der Waals surface area contributed by atoms with E-state index in [4.69, 9.17) is 22.1 Å². The van der Waals surface area contributed by atoms with Crippen LogP contribution < -0.4 is 10.5 Å². The summed E-state index contributed by atoms with van der Waals surface area (Å²) in [6.07, 6.45) is 0. The second-order valence-corrected chi connectivity index (χ2v) is 4.19. The third-order valence-corrected chi connectivity index (χ3v) is 2.74. The molecule has 0 fully saturated rings. The van der Waals surface area contributed by atoms with Crippen LogP contribution >= 0.6 is 11.6 Å². The Kier molecular flexibility index (Phi) is 3.36. The molecule has 2 rings (SSSR count). The van der Waals surface area contributed by atoms with Gasteiger partial charge in [0.2, 0.25) is 5.88 Å². The fourth-order valence-corrected chi connectivity index (χ4v) is 1.87.